The number of ether oxygens (including phenoxy) is 1. The topological polar surface area (TPSA) is 65.5 Å². The summed E-state index contributed by atoms with van der Waals surface area (Å²) in [6, 6.07) is 0. The number of ketones is 1. The Morgan fingerprint density at radius 2 is 1.87 bits per heavy atom. The van der Waals surface area contributed by atoms with Crippen molar-refractivity contribution in [3.8, 4) is 0 Å². The Kier molecular flexibility index (Phi) is 15.7. The highest BCUT2D eigenvalue weighted by Gasteiger charge is 2.41. The minimum absolute atomic E-state index is 0.112. The molecule has 0 bridgehead atoms. The third-order valence-corrected chi connectivity index (χ3v) is 9.69. The fourth-order valence-corrected chi connectivity index (χ4v) is 6.35. The number of Topliss-reactive ketones (excluding diaryl/α,β-unsaturated/α-hetero) is 1. The number of hydrogen-bond acceptors (Lipinski definition) is 6. The van der Waals surface area contributed by atoms with E-state index in [1.807, 2.05) is 34.6 Å². The number of rotatable bonds is 17. The zero-order valence-corrected chi connectivity index (χ0v) is 28.2. The second-order valence-electron chi connectivity index (χ2n) is 11.5. The number of nitrogens with zero attached hydrogens (tertiary/aromatic N) is 1. The lowest BCUT2D eigenvalue weighted by Crippen LogP contribution is -2.42. The summed E-state index contributed by atoms with van der Waals surface area (Å²) in [4.78, 5) is 29.9. The maximum atomic E-state index is 13.5. The van der Waals surface area contributed by atoms with E-state index in [9.17, 15) is 9.59 Å². The maximum Gasteiger partial charge on any atom is 0.305 e. The highest BCUT2D eigenvalue weighted by atomic mass is 32.1. The average molecular weight is 584 g/mol. The van der Waals surface area contributed by atoms with Crippen LogP contribution in [-0.4, -0.2) is 30.0 Å². The summed E-state index contributed by atoms with van der Waals surface area (Å²) in [5, 5.41) is 3.21. The Labute approximate surface area is 240 Å². The normalized spacial score (nSPS) is 17.3. The van der Waals surface area contributed by atoms with Crippen LogP contribution in [0.1, 0.15) is 98.2 Å². The lowest BCUT2D eigenvalue weighted by Gasteiger charge is -2.36. The van der Waals surface area contributed by atoms with Gasteiger partial charge in [0.2, 0.25) is 0 Å². The van der Waals surface area contributed by atoms with E-state index in [-0.39, 0.29) is 50.5 Å². The molecule has 0 saturated heterocycles. The molecule has 0 fully saturated rings. The summed E-state index contributed by atoms with van der Waals surface area (Å²) in [6.45, 7) is 18.7. The van der Waals surface area contributed by atoms with Crippen molar-refractivity contribution in [2.45, 2.75) is 101 Å². The molecule has 8 heteroatoms. The quantitative estimate of drug-likeness (QED) is 0.104. The van der Waals surface area contributed by atoms with Gasteiger partial charge in [-0.3, -0.25) is 9.59 Å². The molecular formula is C30H51NO4P2S. The Morgan fingerprint density at radius 1 is 1.21 bits per heavy atom. The average Bonchev–Trinajstić information content (AvgIpc) is 3.28. The molecule has 0 spiro atoms. The number of aromatic nitrogens is 1. The van der Waals surface area contributed by atoms with Crippen molar-refractivity contribution in [3.63, 3.8) is 0 Å². The Morgan fingerprint density at radius 3 is 2.42 bits per heavy atom. The van der Waals surface area contributed by atoms with Crippen molar-refractivity contribution in [1.82, 2.24) is 4.98 Å². The van der Waals surface area contributed by atoms with Crippen LogP contribution in [0.15, 0.2) is 22.6 Å². The van der Waals surface area contributed by atoms with Crippen LogP contribution >= 0.6 is 28.8 Å². The molecule has 0 amide bonds. The molecule has 7 atom stereocenters. The van der Waals surface area contributed by atoms with Crippen LogP contribution in [0.3, 0.4) is 0 Å². The second kappa shape index (κ2) is 17.0. The van der Waals surface area contributed by atoms with Crippen molar-refractivity contribution in [2.24, 2.45) is 29.1 Å². The van der Waals surface area contributed by atoms with Crippen LogP contribution in [-0.2, 0) is 18.8 Å². The van der Waals surface area contributed by atoms with E-state index < -0.39 is 5.41 Å². The van der Waals surface area contributed by atoms with Crippen molar-refractivity contribution >= 4 is 46.6 Å². The lowest BCUT2D eigenvalue weighted by atomic mass is 9.69. The first-order valence-electron chi connectivity index (χ1n) is 13.7. The van der Waals surface area contributed by atoms with Gasteiger partial charge in [0.05, 0.1) is 23.9 Å². The molecule has 1 aromatic rings. The van der Waals surface area contributed by atoms with Gasteiger partial charge in [-0.2, -0.15) is 0 Å². The van der Waals surface area contributed by atoms with Gasteiger partial charge in [-0.15, -0.1) is 11.3 Å². The molecule has 7 unspecified atom stereocenters. The standard InChI is InChI=1S/C30H51NO4P2S/c1-19(14-15-20(2)22(4)16-26-18-38-25(7)31-26)12-11-13-21(3)28(35-37-36)24(6)29(33)30(8,9)23(5)17-27(32)34-10/h14,16,18,20-21,23-24,28,37H,11-13,15,17,36H2,1-10H3/b19-14-,22-16+. The molecule has 0 radical (unpaired) electrons. The second-order valence-corrected chi connectivity index (χ2v) is 13.7. The number of allylic oxidation sites excluding steroid dienone is 3. The smallest absolute Gasteiger partial charge is 0.305 e. The molecule has 0 aromatic carbocycles. The molecule has 1 aromatic heterocycles. The third-order valence-electron chi connectivity index (χ3n) is 8.08. The predicted molar refractivity (Wildman–Crippen MR) is 168 cm³/mol. The van der Waals surface area contributed by atoms with Gasteiger partial charge in [0.1, 0.15) is 5.78 Å². The lowest BCUT2D eigenvalue weighted by molar-refractivity contribution is -0.145. The molecule has 1 rings (SSSR count). The van der Waals surface area contributed by atoms with Gasteiger partial charge in [-0.25, -0.2) is 4.98 Å². The molecule has 38 heavy (non-hydrogen) atoms. The van der Waals surface area contributed by atoms with Gasteiger partial charge in [-0.05, 0) is 70.3 Å². The molecule has 0 N–H and O–H groups in total. The number of carbonyl (C=O) groups is 2. The van der Waals surface area contributed by atoms with Crippen LogP contribution in [0.5, 0.6) is 0 Å². The van der Waals surface area contributed by atoms with Crippen LogP contribution in [0.2, 0.25) is 0 Å². The van der Waals surface area contributed by atoms with E-state index >= 15 is 0 Å². The summed E-state index contributed by atoms with van der Waals surface area (Å²) in [6.07, 6.45) is 8.79. The van der Waals surface area contributed by atoms with Crippen LogP contribution in [0, 0.1) is 36.0 Å². The minimum atomic E-state index is -0.639. The van der Waals surface area contributed by atoms with E-state index in [0.717, 1.165) is 36.4 Å². The van der Waals surface area contributed by atoms with E-state index in [4.69, 9.17) is 9.26 Å². The van der Waals surface area contributed by atoms with E-state index in [1.54, 1.807) is 11.3 Å². The van der Waals surface area contributed by atoms with Crippen molar-refractivity contribution in [1.29, 1.82) is 0 Å². The minimum Gasteiger partial charge on any atom is -0.469 e. The Bertz CT molecular complexity index is 956. The first-order chi connectivity index (χ1) is 17.7. The van der Waals surface area contributed by atoms with E-state index in [2.05, 4.69) is 59.1 Å². The highest BCUT2D eigenvalue weighted by Crippen LogP contribution is 2.39. The van der Waals surface area contributed by atoms with Crippen molar-refractivity contribution in [3.05, 3.63) is 33.3 Å². The molecule has 0 aliphatic heterocycles. The number of carbonyl (C=O) groups excluding carboxylic acids is 2. The van der Waals surface area contributed by atoms with Gasteiger partial charge in [0.15, 0.2) is 0 Å². The Balaban J connectivity index is 2.68. The van der Waals surface area contributed by atoms with E-state index in [0.29, 0.717) is 5.92 Å². The predicted octanol–water partition coefficient (Wildman–Crippen LogP) is 8.83. The molecule has 0 saturated carbocycles. The van der Waals surface area contributed by atoms with E-state index in [1.165, 1.54) is 18.3 Å². The number of thiazole rings is 1. The van der Waals surface area contributed by atoms with Gasteiger partial charge < -0.3 is 9.26 Å². The molecule has 1 heterocycles. The molecule has 216 valence electrons. The Hall–Kier alpha value is -0.930. The zero-order chi connectivity index (χ0) is 29.0. The van der Waals surface area contributed by atoms with Crippen LogP contribution in [0.4, 0.5) is 0 Å². The first-order valence-corrected chi connectivity index (χ1v) is 17.3. The number of esters is 1. The number of methoxy groups -OCH3 is 1. The number of hydrogen-bond donors (Lipinski definition) is 0. The summed E-state index contributed by atoms with van der Waals surface area (Å²) in [7, 11) is 4.28. The van der Waals surface area contributed by atoms with Crippen LogP contribution in [0.25, 0.3) is 6.08 Å². The van der Waals surface area contributed by atoms with Crippen molar-refractivity contribution < 1.29 is 18.8 Å². The fraction of sp³-hybridized carbons (Fsp3) is 0.700. The third kappa shape index (κ3) is 11.3. The number of aryl methyl sites for hydroxylation is 1. The summed E-state index contributed by atoms with van der Waals surface area (Å²) in [5.74, 6) is 0.240. The SMILES string of the molecule is COC(=O)CC(C)C(C)(C)C(=O)C(C)C(OPP)C(C)CCC/C(C)=C\CC(C)/C(C)=C/c1csc(C)n1. The first kappa shape index (κ1) is 35.1. The van der Waals surface area contributed by atoms with Gasteiger partial charge in [0, 0.05) is 31.6 Å². The zero-order valence-electron chi connectivity index (χ0n) is 25.2. The van der Waals surface area contributed by atoms with Crippen LogP contribution < -0.4 is 0 Å². The molecular weight excluding hydrogens is 532 g/mol. The van der Waals surface area contributed by atoms with Gasteiger partial charge in [0.25, 0.3) is 0 Å². The maximum absolute atomic E-state index is 13.5. The molecule has 0 aliphatic carbocycles. The fourth-order valence-electron chi connectivity index (χ4n) is 4.71. The summed E-state index contributed by atoms with van der Waals surface area (Å²) >= 11 is 1.69. The molecule has 5 nitrogen and oxygen atoms in total. The van der Waals surface area contributed by atoms with Gasteiger partial charge in [-0.1, -0.05) is 67.7 Å². The molecule has 0 aliphatic rings. The summed E-state index contributed by atoms with van der Waals surface area (Å²) in [5.41, 5.74) is 3.19. The van der Waals surface area contributed by atoms with Gasteiger partial charge >= 0.3 is 5.97 Å². The monoisotopic (exact) mass is 583 g/mol. The van der Waals surface area contributed by atoms with Crippen molar-refractivity contribution in [2.75, 3.05) is 7.11 Å². The highest BCUT2D eigenvalue weighted by molar-refractivity contribution is 8.00. The summed E-state index contributed by atoms with van der Waals surface area (Å²) < 4.78 is 11.0. The largest absolute Gasteiger partial charge is 0.469 e.